The predicted molar refractivity (Wildman–Crippen MR) is 77.0 cm³/mol. The summed E-state index contributed by atoms with van der Waals surface area (Å²) in [5.41, 5.74) is 0. The number of piperidine rings is 1. The van der Waals surface area contributed by atoms with E-state index in [9.17, 15) is 0 Å². The van der Waals surface area contributed by atoms with Crippen molar-refractivity contribution in [2.75, 3.05) is 13.6 Å². The summed E-state index contributed by atoms with van der Waals surface area (Å²) in [6, 6.07) is 6.15. The first kappa shape index (κ1) is 13.2. The number of rotatable bonds is 5. The molecule has 1 aromatic heterocycles. The standard InChI is InChI=1S/C16H26N2O/c1-3-8-17-16(15-5-4-9-19-15)12-10-13-6-7-14(11-12)18(13)2/h4-5,9,12-14,16-17H,3,6-8,10-11H2,1-2H3. The zero-order valence-corrected chi connectivity index (χ0v) is 12.1. The molecule has 106 valence electrons. The number of fused-ring (bicyclic) bond motifs is 2. The van der Waals surface area contributed by atoms with E-state index in [0.29, 0.717) is 6.04 Å². The number of furan rings is 1. The Bertz CT molecular complexity index is 375. The molecule has 3 unspecified atom stereocenters. The van der Waals surface area contributed by atoms with Gasteiger partial charge in [0.2, 0.25) is 0 Å². The third kappa shape index (κ3) is 2.59. The fraction of sp³-hybridized carbons (Fsp3) is 0.750. The fourth-order valence-corrected chi connectivity index (χ4v) is 3.99. The topological polar surface area (TPSA) is 28.4 Å². The summed E-state index contributed by atoms with van der Waals surface area (Å²) in [5.74, 6) is 1.86. The molecule has 2 saturated heterocycles. The normalized spacial score (nSPS) is 32.6. The van der Waals surface area contributed by atoms with Crippen molar-refractivity contribution in [3.63, 3.8) is 0 Å². The van der Waals surface area contributed by atoms with Gasteiger partial charge in [-0.05, 0) is 63.7 Å². The van der Waals surface area contributed by atoms with Crippen molar-refractivity contribution in [1.29, 1.82) is 0 Å². The van der Waals surface area contributed by atoms with Gasteiger partial charge in [-0.1, -0.05) is 6.92 Å². The Morgan fingerprint density at radius 1 is 1.37 bits per heavy atom. The summed E-state index contributed by atoms with van der Waals surface area (Å²) in [5, 5.41) is 3.71. The van der Waals surface area contributed by atoms with Gasteiger partial charge >= 0.3 is 0 Å². The molecule has 0 amide bonds. The lowest BCUT2D eigenvalue weighted by molar-refractivity contribution is 0.107. The maximum atomic E-state index is 5.69. The molecule has 0 aliphatic carbocycles. The largest absolute Gasteiger partial charge is 0.468 e. The van der Waals surface area contributed by atoms with E-state index >= 15 is 0 Å². The molecule has 19 heavy (non-hydrogen) atoms. The minimum absolute atomic E-state index is 0.409. The minimum atomic E-state index is 0.409. The molecule has 3 atom stereocenters. The summed E-state index contributed by atoms with van der Waals surface area (Å²) >= 11 is 0. The second-order valence-corrected chi connectivity index (χ2v) is 6.23. The molecular formula is C16H26N2O. The molecule has 1 N–H and O–H groups in total. The van der Waals surface area contributed by atoms with Crippen LogP contribution in [0.4, 0.5) is 0 Å². The monoisotopic (exact) mass is 262 g/mol. The molecule has 2 aliphatic heterocycles. The molecule has 3 nitrogen and oxygen atoms in total. The lowest BCUT2D eigenvalue weighted by Gasteiger charge is -2.39. The second-order valence-electron chi connectivity index (χ2n) is 6.23. The summed E-state index contributed by atoms with van der Waals surface area (Å²) in [4.78, 5) is 2.61. The van der Waals surface area contributed by atoms with Crippen LogP contribution in [0.25, 0.3) is 0 Å². The van der Waals surface area contributed by atoms with E-state index in [2.05, 4.69) is 30.3 Å². The Labute approximate surface area is 116 Å². The van der Waals surface area contributed by atoms with Crippen LogP contribution in [0.15, 0.2) is 22.8 Å². The minimum Gasteiger partial charge on any atom is -0.468 e. The van der Waals surface area contributed by atoms with Gasteiger partial charge in [0.05, 0.1) is 12.3 Å². The first-order valence-corrected chi connectivity index (χ1v) is 7.78. The maximum Gasteiger partial charge on any atom is 0.120 e. The molecule has 1 aromatic rings. The van der Waals surface area contributed by atoms with E-state index < -0.39 is 0 Å². The molecule has 0 aromatic carbocycles. The van der Waals surface area contributed by atoms with Crippen LogP contribution in [0.2, 0.25) is 0 Å². The molecule has 0 radical (unpaired) electrons. The van der Waals surface area contributed by atoms with Crippen LogP contribution >= 0.6 is 0 Å². The highest BCUT2D eigenvalue weighted by Crippen LogP contribution is 2.42. The van der Waals surface area contributed by atoms with Gasteiger partial charge in [0.25, 0.3) is 0 Å². The van der Waals surface area contributed by atoms with Crippen molar-refractivity contribution < 1.29 is 4.42 Å². The van der Waals surface area contributed by atoms with Gasteiger partial charge in [0.15, 0.2) is 0 Å². The van der Waals surface area contributed by atoms with Gasteiger partial charge < -0.3 is 14.6 Å². The van der Waals surface area contributed by atoms with E-state index in [-0.39, 0.29) is 0 Å². The van der Waals surface area contributed by atoms with Crippen LogP contribution < -0.4 is 5.32 Å². The van der Waals surface area contributed by atoms with E-state index in [1.54, 1.807) is 6.26 Å². The Morgan fingerprint density at radius 2 is 2.11 bits per heavy atom. The quantitative estimate of drug-likeness (QED) is 0.883. The zero-order chi connectivity index (χ0) is 13.2. The van der Waals surface area contributed by atoms with Crippen LogP contribution in [0.5, 0.6) is 0 Å². The second kappa shape index (κ2) is 5.68. The maximum absolute atomic E-state index is 5.69. The smallest absolute Gasteiger partial charge is 0.120 e. The number of hydrogen-bond donors (Lipinski definition) is 1. The lowest BCUT2D eigenvalue weighted by Crippen LogP contribution is -2.43. The van der Waals surface area contributed by atoms with Crippen molar-refractivity contribution in [2.24, 2.45) is 5.92 Å². The highest BCUT2D eigenvalue weighted by molar-refractivity contribution is 5.08. The molecule has 0 saturated carbocycles. The first-order valence-electron chi connectivity index (χ1n) is 7.78. The van der Waals surface area contributed by atoms with Crippen LogP contribution in [-0.2, 0) is 0 Å². The van der Waals surface area contributed by atoms with Crippen molar-refractivity contribution in [1.82, 2.24) is 10.2 Å². The van der Waals surface area contributed by atoms with Crippen molar-refractivity contribution >= 4 is 0 Å². The lowest BCUT2D eigenvalue weighted by atomic mass is 9.84. The molecule has 2 fully saturated rings. The van der Waals surface area contributed by atoms with E-state index in [1.165, 1.54) is 32.1 Å². The third-order valence-electron chi connectivity index (χ3n) is 5.07. The summed E-state index contributed by atoms with van der Waals surface area (Å²) in [6.45, 7) is 3.30. The van der Waals surface area contributed by atoms with Crippen LogP contribution in [0, 0.1) is 5.92 Å². The van der Waals surface area contributed by atoms with E-state index in [1.807, 2.05) is 6.07 Å². The van der Waals surface area contributed by atoms with Crippen LogP contribution in [0.1, 0.15) is 50.8 Å². The van der Waals surface area contributed by atoms with Gasteiger partial charge in [-0.2, -0.15) is 0 Å². The molecular weight excluding hydrogens is 236 g/mol. The summed E-state index contributed by atoms with van der Waals surface area (Å²) in [6.07, 6.45) is 8.38. The van der Waals surface area contributed by atoms with Gasteiger partial charge in [-0.25, -0.2) is 0 Å². The van der Waals surface area contributed by atoms with Crippen LogP contribution in [0.3, 0.4) is 0 Å². The third-order valence-corrected chi connectivity index (χ3v) is 5.07. The number of nitrogens with one attached hydrogen (secondary N) is 1. The highest BCUT2D eigenvalue weighted by Gasteiger charge is 2.41. The number of nitrogens with zero attached hydrogens (tertiary/aromatic N) is 1. The molecule has 3 rings (SSSR count). The molecule has 2 bridgehead atoms. The Morgan fingerprint density at radius 3 is 2.68 bits per heavy atom. The predicted octanol–water partition coefficient (Wildman–Crippen LogP) is 3.19. The summed E-state index contributed by atoms with van der Waals surface area (Å²) < 4.78 is 5.69. The SMILES string of the molecule is CCCNC(c1ccco1)C1CC2CCC(C1)N2C. The first-order chi connectivity index (χ1) is 9.29. The van der Waals surface area contributed by atoms with Crippen molar-refractivity contribution in [3.8, 4) is 0 Å². The Kier molecular flexibility index (Phi) is 3.94. The average molecular weight is 262 g/mol. The van der Waals surface area contributed by atoms with Gasteiger partial charge in [0.1, 0.15) is 5.76 Å². The van der Waals surface area contributed by atoms with E-state index in [4.69, 9.17) is 4.42 Å². The van der Waals surface area contributed by atoms with Crippen LogP contribution in [-0.4, -0.2) is 30.6 Å². The molecule has 3 heteroatoms. The molecule has 2 aliphatic rings. The molecule has 0 spiro atoms. The van der Waals surface area contributed by atoms with Crippen molar-refractivity contribution in [2.45, 2.75) is 57.2 Å². The number of hydrogen-bond acceptors (Lipinski definition) is 3. The van der Waals surface area contributed by atoms with E-state index in [0.717, 1.165) is 30.3 Å². The van der Waals surface area contributed by atoms with Crippen molar-refractivity contribution in [3.05, 3.63) is 24.2 Å². The summed E-state index contributed by atoms with van der Waals surface area (Å²) in [7, 11) is 2.31. The Hall–Kier alpha value is -0.800. The van der Waals surface area contributed by atoms with Gasteiger partial charge in [-0.3, -0.25) is 0 Å². The highest BCUT2D eigenvalue weighted by atomic mass is 16.3. The van der Waals surface area contributed by atoms with Gasteiger partial charge in [-0.15, -0.1) is 0 Å². The average Bonchev–Trinajstić information content (AvgIpc) is 2.98. The fourth-order valence-electron chi connectivity index (χ4n) is 3.99. The Balaban J connectivity index is 1.73. The van der Waals surface area contributed by atoms with Gasteiger partial charge in [0, 0.05) is 12.1 Å². The molecule has 3 heterocycles. The zero-order valence-electron chi connectivity index (χ0n) is 12.1.